The van der Waals surface area contributed by atoms with Crippen molar-refractivity contribution in [1.29, 1.82) is 0 Å². The number of aryl methyl sites for hydroxylation is 1. The summed E-state index contributed by atoms with van der Waals surface area (Å²) in [5.41, 5.74) is 6.38. The molecule has 1 aliphatic heterocycles. The van der Waals surface area contributed by atoms with Gasteiger partial charge in [-0.3, -0.25) is 14.7 Å². The summed E-state index contributed by atoms with van der Waals surface area (Å²) in [4.78, 5) is 34.6. The molecule has 1 N–H and O–H groups in total. The molecule has 202 valence electrons. The number of Topliss-reactive ketones (excluding diaryl/α,β-unsaturated/α-hetero) is 1. The van der Waals surface area contributed by atoms with Crippen molar-refractivity contribution < 1.29 is 9.53 Å². The van der Waals surface area contributed by atoms with Gasteiger partial charge in [0.1, 0.15) is 11.3 Å². The number of nitrogens with zero attached hydrogens (tertiary/aromatic N) is 5. The van der Waals surface area contributed by atoms with Gasteiger partial charge in [0.2, 0.25) is 5.88 Å². The van der Waals surface area contributed by atoms with Gasteiger partial charge in [-0.2, -0.15) is 4.98 Å². The first kappa shape index (κ1) is 25.9. The second kappa shape index (κ2) is 11.4. The van der Waals surface area contributed by atoms with Crippen LogP contribution in [0, 0.1) is 6.92 Å². The number of aromatic amines is 1. The monoisotopic (exact) mass is 532 g/mol. The SMILES string of the molecule is Cc1cc(C(=O)Cc2cccc(Oc3nc(-c4ccncc4)nc4cc[nH]c34)c2)ccc1CN1CCN(C)CC1. The van der Waals surface area contributed by atoms with Crippen molar-refractivity contribution in [3.63, 3.8) is 0 Å². The van der Waals surface area contributed by atoms with Crippen LogP contribution < -0.4 is 4.74 Å². The number of ketones is 1. The molecule has 0 amide bonds. The molecule has 0 spiro atoms. The van der Waals surface area contributed by atoms with Crippen LogP contribution in [0.4, 0.5) is 0 Å². The zero-order valence-electron chi connectivity index (χ0n) is 22.8. The Morgan fingerprint density at radius 1 is 0.975 bits per heavy atom. The molecule has 5 aromatic rings. The van der Waals surface area contributed by atoms with Crippen LogP contribution in [0.15, 0.2) is 79.3 Å². The number of likely N-dealkylation sites (N-methyl/N-ethyl adjacent to an activating group) is 1. The number of aromatic nitrogens is 4. The lowest BCUT2D eigenvalue weighted by Crippen LogP contribution is -2.43. The van der Waals surface area contributed by atoms with Gasteiger partial charge in [0.25, 0.3) is 0 Å². The zero-order valence-corrected chi connectivity index (χ0v) is 22.8. The molecule has 8 heteroatoms. The van der Waals surface area contributed by atoms with E-state index in [-0.39, 0.29) is 5.78 Å². The fraction of sp³-hybridized carbons (Fsp3) is 0.250. The molecule has 0 aliphatic carbocycles. The van der Waals surface area contributed by atoms with E-state index < -0.39 is 0 Å². The molecule has 0 radical (unpaired) electrons. The van der Waals surface area contributed by atoms with E-state index in [1.54, 1.807) is 12.4 Å². The summed E-state index contributed by atoms with van der Waals surface area (Å²) < 4.78 is 6.24. The first-order valence-electron chi connectivity index (χ1n) is 13.6. The Balaban J connectivity index is 1.17. The molecule has 0 saturated carbocycles. The Labute approximate surface area is 233 Å². The maximum absolute atomic E-state index is 13.2. The summed E-state index contributed by atoms with van der Waals surface area (Å²) in [5.74, 6) is 1.68. The topological polar surface area (TPSA) is 87.2 Å². The molecule has 1 fully saturated rings. The third kappa shape index (κ3) is 5.78. The quantitative estimate of drug-likeness (QED) is 0.272. The van der Waals surface area contributed by atoms with Crippen molar-refractivity contribution in [2.24, 2.45) is 0 Å². The Kier molecular flexibility index (Phi) is 7.35. The predicted octanol–water partition coefficient (Wildman–Crippen LogP) is 5.29. The van der Waals surface area contributed by atoms with E-state index in [2.05, 4.69) is 49.8 Å². The number of piperazine rings is 1. The molecule has 40 heavy (non-hydrogen) atoms. The van der Waals surface area contributed by atoms with Crippen molar-refractivity contribution in [3.8, 4) is 23.0 Å². The van der Waals surface area contributed by atoms with E-state index in [1.807, 2.05) is 60.8 Å². The lowest BCUT2D eigenvalue weighted by atomic mass is 9.98. The Bertz CT molecular complexity index is 1640. The van der Waals surface area contributed by atoms with Gasteiger partial charge in [0.15, 0.2) is 11.6 Å². The number of fused-ring (bicyclic) bond motifs is 1. The van der Waals surface area contributed by atoms with Crippen molar-refractivity contribution in [2.45, 2.75) is 19.9 Å². The van der Waals surface area contributed by atoms with Gasteiger partial charge in [-0.25, -0.2) is 4.98 Å². The fourth-order valence-corrected chi connectivity index (χ4v) is 5.03. The number of rotatable bonds is 8. The molecule has 0 atom stereocenters. The highest BCUT2D eigenvalue weighted by Gasteiger charge is 2.17. The maximum atomic E-state index is 13.2. The molecule has 6 rings (SSSR count). The van der Waals surface area contributed by atoms with Crippen LogP contribution in [0.5, 0.6) is 11.6 Å². The Morgan fingerprint density at radius 3 is 2.60 bits per heavy atom. The average molecular weight is 533 g/mol. The normalized spacial score (nSPS) is 14.4. The van der Waals surface area contributed by atoms with Crippen molar-refractivity contribution in [2.75, 3.05) is 33.2 Å². The second-order valence-electron chi connectivity index (χ2n) is 10.4. The van der Waals surface area contributed by atoms with E-state index in [0.717, 1.165) is 60.5 Å². The summed E-state index contributed by atoms with van der Waals surface area (Å²) in [7, 11) is 2.17. The van der Waals surface area contributed by atoms with Crippen molar-refractivity contribution in [3.05, 3.63) is 102 Å². The first-order chi connectivity index (χ1) is 19.5. The first-order valence-corrected chi connectivity index (χ1v) is 13.6. The predicted molar refractivity (Wildman–Crippen MR) is 156 cm³/mol. The van der Waals surface area contributed by atoms with Gasteiger partial charge < -0.3 is 14.6 Å². The lowest BCUT2D eigenvalue weighted by Gasteiger charge is -2.32. The van der Waals surface area contributed by atoms with E-state index in [4.69, 9.17) is 4.74 Å². The number of ether oxygens (including phenoxy) is 1. The minimum absolute atomic E-state index is 0.0835. The standard InChI is InChI=1S/C32H32N6O2/c1-22-18-25(6-7-26(22)21-38-16-14-37(2)15-17-38)29(39)20-23-4-3-5-27(19-23)40-32-30-28(10-13-34-30)35-31(36-32)24-8-11-33-12-9-24/h3-13,18-19,34H,14-17,20-21H2,1-2H3. The number of hydrogen-bond acceptors (Lipinski definition) is 7. The van der Waals surface area contributed by atoms with E-state index in [9.17, 15) is 4.79 Å². The Hall–Kier alpha value is -4.40. The smallest absolute Gasteiger partial charge is 0.247 e. The Morgan fingerprint density at radius 2 is 1.80 bits per heavy atom. The average Bonchev–Trinajstić information content (AvgIpc) is 3.45. The summed E-state index contributed by atoms with van der Waals surface area (Å²) in [6.07, 6.45) is 5.53. The summed E-state index contributed by atoms with van der Waals surface area (Å²) in [6.45, 7) is 7.36. The lowest BCUT2D eigenvalue weighted by molar-refractivity contribution is 0.0993. The largest absolute Gasteiger partial charge is 0.437 e. The number of pyridine rings is 1. The number of carbonyl (C=O) groups excluding carboxylic acids is 1. The molecule has 2 aromatic carbocycles. The molecule has 8 nitrogen and oxygen atoms in total. The number of benzene rings is 2. The van der Waals surface area contributed by atoms with Gasteiger partial charge in [0.05, 0.1) is 5.52 Å². The highest BCUT2D eigenvalue weighted by atomic mass is 16.5. The molecular formula is C32H32N6O2. The highest BCUT2D eigenvalue weighted by molar-refractivity contribution is 5.97. The van der Waals surface area contributed by atoms with Crippen molar-refractivity contribution >= 4 is 16.8 Å². The fourth-order valence-electron chi connectivity index (χ4n) is 5.03. The van der Waals surface area contributed by atoms with Crippen LogP contribution in [0.1, 0.15) is 27.0 Å². The van der Waals surface area contributed by atoms with E-state index in [0.29, 0.717) is 29.4 Å². The van der Waals surface area contributed by atoms with Crippen LogP contribution in [-0.2, 0) is 13.0 Å². The van der Waals surface area contributed by atoms with Crippen LogP contribution in [0.3, 0.4) is 0 Å². The highest BCUT2D eigenvalue weighted by Crippen LogP contribution is 2.30. The molecule has 0 bridgehead atoms. The van der Waals surface area contributed by atoms with Gasteiger partial charge in [-0.1, -0.05) is 24.3 Å². The van der Waals surface area contributed by atoms with Gasteiger partial charge >= 0.3 is 0 Å². The third-order valence-electron chi connectivity index (χ3n) is 7.44. The van der Waals surface area contributed by atoms with Gasteiger partial charge in [-0.05, 0) is 67.1 Å². The molecule has 1 aliphatic rings. The number of carbonyl (C=O) groups is 1. The van der Waals surface area contributed by atoms with Crippen LogP contribution >= 0.6 is 0 Å². The summed E-state index contributed by atoms with van der Waals surface area (Å²) in [5, 5.41) is 0. The number of nitrogens with one attached hydrogen (secondary N) is 1. The van der Waals surface area contributed by atoms with Crippen molar-refractivity contribution in [1.82, 2.24) is 29.7 Å². The molecule has 1 saturated heterocycles. The van der Waals surface area contributed by atoms with Crippen LogP contribution in [0.25, 0.3) is 22.4 Å². The molecule has 4 heterocycles. The van der Waals surface area contributed by atoms with E-state index >= 15 is 0 Å². The summed E-state index contributed by atoms with van der Waals surface area (Å²) >= 11 is 0. The molecule has 3 aromatic heterocycles. The second-order valence-corrected chi connectivity index (χ2v) is 10.4. The van der Waals surface area contributed by atoms with Gasteiger partial charge in [-0.15, -0.1) is 0 Å². The minimum Gasteiger partial charge on any atom is -0.437 e. The summed E-state index contributed by atoms with van der Waals surface area (Å²) in [6, 6.07) is 19.3. The third-order valence-corrected chi connectivity index (χ3v) is 7.44. The van der Waals surface area contributed by atoms with Crippen LogP contribution in [-0.4, -0.2) is 68.7 Å². The minimum atomic E-state index is 0.0835. The zero-order chi connectivity index (χ0) is 27.5. The number of hydrogen-bond donors (Lipinski definition) is 1. The number of H-pyrrole nitrogens is 1. The maximum Gasteiger partial charge on any atom is 0.247 e. The van der Waals surface area contributed by atoms with Crippen LogP contribution in [0.2, 0.25) is 0 Å². The van der Waals surface area contributed by atoms with Gasteiger partial charge in [0, 0.05) is 68.9 Å². The van der Waals surface area contributed by atoms with E-state index in [1.165, 1.54) is 5.56 Å². The molecule has 0 unspecified atom stereocenters. The molecular weight excluding hydrogens is 500 g/mol.